The topological polar surface area (TPSA) is 9.72 Å². The number of piperazine rings is 1. The summed E-state index contributed by atoms with van der Waals surface area (Å²) in [6.45, 7) is 10.6. The molecule has 0 atom stereocenters. The predicted molar refractivity (Wildman–Crippen MR) is 85.2 cm³/mol. The van der Waals surface area contributed by atoms with Crippen LogP contribution in [0.4, 0.5) is 0 Å². The quantitative estimate of drug-likeness (QED) is 0.782. The molecule has 3 nitrogen and oxygen atoms in total. The average Bonchev–Trinajstić information content (AvgIpc) is 2.90. The number of rotatable bonds is 4. The molecule has 3 heteroatoms. The van der Waals surface area contributed by atoms with Gasteiger partial charge in [-0.05, 0) is 38.8 Å². The molecule has 3 rings (SSSR count). The van der Waals surface area contributed by atoms with Crippen molar-refractivity contribution in [3.05, 3.63) is 0 Å². The van der Waals surface area contributed by atoms with Crippen LogP contribution in [0.3, 0.4) is 0 Å². The van der Waals surface area contributed by atoms with Gasteiger partial charge >= 0.3 is 0 Å². The molecule has 0 bridgehead atoms. The van der Waals surface area contributed by atoms with Crippen molar-refractivity contribution in [2.45, 2.75) is 57.4 Å². The molecule has 1 aliphatic carbocycles. The molecule has 0 aromatic carbocycles. The first-order valence-electron chi connectivity index (χ1n) is 9.10. The normalized spacial score (nSPS) is 28.8. The monoisotopic (exact) mass is 279 g/mol. The molecule has 0 radical (unpaired) electrons. The van der Waals surface area contributed by atoms with E-state index in [1.165, 1.54) is 104 Å². The smallest absolute Gasteiger partial charge is 0.0113 e. The van der Waals surface area contributed by atoms with E-state index in [0.717, 1.165) is 6.04 Å². The van der Waals surface area contributed by atoms with E-state index < -0.39 is 0 Å². The molecule has 20 heavy (non-hydrogen) atoms. The lowest BCUT2D eigenvalue weighted by Crippen LogP contribution is -2.51. The van der Waals surface area contributed by atoms with E-state index in [9.17, 15) is 0 Å². The molecule has 0 unspecified atom stereocenters. The molecular formula is C17H33N3. The van der Waals surface area contributed by atoms with Crippen LogP contribution in [0.1, 0.15) is 51.4 Å². The molecular weight excluding hydrogens is 246 g/mol. The highest BCUT2D eigenvalue weighted by molar-refractivity contribution is 4.82. The van der Waals surface area contributed by atoms with E-state index in [1.807, 2.05) is 0 Å². The first-order valence-corrected chi connectivity index (χ1v) is 9.10. The Kier molecular flexibility index (Phi) is 5.75. The Morgan fingerprint density at radius 1 is 0.550 bits per heavy atom. The maximum atomic E-state index is 2.77. The molecule has 0 N–H and O–H groups in total. The average molecular weight is 279 g/mol. The largest absolute Gasteiger partial charge is 0.302 e. The Balaban J connectivity index is 1.33. The number of hydrogen-bond donors (Lipinski definition) is 0. The van der Waals surface area contributed by atoms with Crippen LogP contribution in [-0.4, -0.2) is 73.1 Å². The fourth-order valence-corrected chi connectivity index (χ4v) is 4.26. The van der Waals surface area contributed by atoms with Crippen LogP contribution >= 0.6 is 0 Å². The van der Waals surface area contributed by atoms with Crippen molar-refractivity contribution in [1.82, 2.24) is 14.7 Å². The maximum Gasteiger partial charge on any atom is 0.0113 e. The van der Waals surface area contributed by atoms with E-state index in [2.05, 4.69) is 14.7 Å². The van der Waals surface area contributed by atoms with Crippen molar-refractivity contribution in [3.63, 3.8) is 0 Å². The third-order valence-electron chi connectivity index (χ3n) is 5.68. The van der Waals surface area contributed by atoms with Crippen molar-refractivity contribution in [1.29, 1.82) is 0 Å². The summed E-state index contributed by atoms with van der Waals surface area (Å²) in [5, 5.41) is 0. The first kappa shape index (κ1) is 14.8. The van der Waals surface area contributed by atoms with Crippen molar-refractivity contribution in [2.75, 3.05) is 52.4 Å². The molecule has 3 fully saturated rings. The van der Waals surface area contributed by atoms with E-state index in [0.29, 0.717) is 0 Å². The zero-order valence-corrected chi connectivity index (χ0v) is 13.2. The van der Waals surface area contributed by atoms with Crippen molar-refractivity contribution < 1.29 is 0 Å². The Morgan fingerprint density at radius 3 is 1.70 bits per heavy atom. The summed E-state index contributed by atoms with van der Waals surface area (Å²) in [5.74, 6) is 0. The Labute approximate surface area is 125 Å². The molecule has 0 spiro atoms. The fraction of sp³-hybridized carbons (Fsp3) is 1.00. The molecule has 0 amide bonds. The van der Waals surface area contributed by atoms with E-state index in [4.69, 9.17) is 0 Å². The number of likely N-dealkylation sites (tertiary alicyclic amines) is 1. The van der Waals surface area contributed by atoms with Gasteiger partial charge < -0.3 is 4.90 Å². The van der Waals surface area contributed by atoms with Crippen LogP contribution in [0.25, 0.3) is 0 Å². The zero-order chi connectivity index (χ0) is 13.6. The van der Waals surface area contributed by atoms with Gasteiger partial charge in [-0.3, -0.25) is 9.80 Å². The first-order chi connectivity index (χ1) is 9.92. The van der Waals surface area contributed by atoms with Crippen LogP contribution < -0.4 is 0 Å². The van der Waals surface area contributed by atoms with Gasteiger partial charge in [0.15, 0.2) is 0 Å². The van der Waals surface area contributed by atoms with Gasteiger partial charge in [0.1, 0.15) is 0 Å². The second-order valence-electron chi connectivity index (χ2n) is 7.07. The zero-order valence-electron chi connectivity index (χ0n) is 13.2. The van der Waals surface area contributed by atoms with Gasteiger partial charge in [0.2, 0.25) is 0 Å². The second kappa shape index (κ2) is 7.77. The van der Waals surface area contributed by atoms with E-state index in [1.54, 1.807) is 0 Å². The lowest BCUT2D eigenvalue weighted by molar-refractivity contribution is 0.0898. The van der Waals surface area contributed by atoms with Gasteiger partial charge in [-0.15, -0.1) is 0 Å². The van der Waals surface area contributed by atoms with Crippen molar-refractivity contribution >= 4 is 0 Å². The third kappa shape index (κ3) is 4.19. The molecule has 116 valence electrons. The Morgan fingerprint density at radius 2 is 1.10 bits per heavy atom. The summed E-state index contributed by atoms with van der Waals surface area (Å²) in [6, 6.07) is 0.933. The highest BCUT2D eigenvalue weighted by Gasteiger charge is 2.26. The summed E-state index contributed by atoms with van der Waals surface area (Å²) in [7, 11) is 0. The predicted octanol–water partition coefficient (Wildman–Crippen LogP) is 2.42. The molecule has 2 saturated heterocycles. The lowest BCUT2D eigenvalue weighted by atomic mass is 10.2. The van der Waals surface area contributed by atoms with Gasteiger partial charge in [0.05, 0.1) is 0 Å². The number of nitrogens with zero attached hydrogens (tertiary/aromatic N) is 3. The van der Waals surface area contributed by atoms with E-state index >= 15 is 0 Å². The van der Waals surface area contributed by atoms with Gasteiger partial charge in [0.25, 0.3) is 0 Å². The minimum atomic E-state index is 0.933. The summed E-state index contributed by atoms with van der Waals surface area (Å²) >= 11 is 0. The van der Waals surface area contributed by atoms with Crippen molar-refractivity contribution in [3.8, 4) is 0 Å². The number of hydrogen-bond acceptors (Lipinski definition) is 3. The Hall–Kier alpha value is -0.120. The van der Waals surface area contributed by atoms with E-state index in [-0.39, 0.29) is 0 Å². The Bertz CT molecular complexity index is 259. The van der Waals surface area contributed by atoms with Crippen LogP contribution in [-0.2, 0) is 0 Å². The summed E-state index contributed by atoms with van der Waals surface area (Å²) in [6.07, 6.45) is 11.6. The SMILES string of the molecule is C1CCCN(CCN2CCN(C3CCCC3)CC2)CC1. The molecule has 1 saturated carbocycles. The summed E-state index contributed by atoms with van der Waals surface area (Å²) in [4.78, 5) is 8.18. The van der Waals surface area contributed by atoms with Gasteiger partial charge in [-0.1, -0.05) is 25.7 Å². The third-order valence-corrected chi connectivity index (χ3v) is 5.68. The highest BCUT2D eigenvalue weighted by atomic mass is 15.3. The second-order valence-corrected chi connectivity index (χ2v) is 7.07. The van der Waals surface area contributed by atoms with Crippen molar-refractivity contribution in [2.24, 2.45) is 0 Å². The maximum absolute atomic E-state index is 2.77. The van der Waals surface area contributed by atoms with Crippen LogP contribution in [0, 0.1) is 0 Å². The van der Waals surface area contributed by atoms with Gasteiger partial charge in [0, 0.05) is 45.3 Å². The summed E-state index contributed by atoms with van der Waals surface area (Å²) < 4.78 is 0. The van der Waals surface area contributed by atoms with Crippen LogP contribution in [0.2, 0.25) is 0 Å². The standard InChI is InChI=1S/C17H33N3/c1-2-6-10-18(9-5-1)11-12-19-13-15-20(16-14-19)17-7-3-4-8-17/h17H,1-16H2. The molecule has 2 heterocycles. The molecule has 3 aliphatic rings. The van der Waals surface area contributed by atoms with Crippen LogP contribution in [0.5, 0.6) is 0 Å². The minimum absolute atomic E-state index is 0.933. The van der Waals surface area contributed by atoms with Gasteiger partial charge in [-0.25, -0.2) is 0 Å². The van der Waals surface area contributed by atoms with Crippen LogP contribution in [0.15, 0.2) is 0 Å². The molecule has 2 aliphatic heterocycles. The fourth-order valence-electron chi connectivity index (χ4n) is 4.26. The minimum Gasteiger partial charge on any atom is -0.302 e. The summed E-state index contributed by atoms with van der Waals surface area (Å²) in [5.41, 5.74) is 0. The molecule has 0 aromatic heterocycles. The lowest BCUT2D eigenvalue weighted by Gasteiger charge is -2.38. The molecule has 0 aromatic rings. The van der Waals surface area contributed by atoms with Gasteiger partial charge in [-0.2, -0.15) is 0 Å². The highest BCUT2D eigenvalue weighted by Crippen LogP contribution is 2.24.